The van der Waals surface area contributed by atoms with E-state index in [0.29, 0.717) is 6.54 Å². The molecule has 0 heterocycles. The predicted molar refractivity (Wildman–Crippen MR) is 95.5 cm³/mol. The van der Waals surface area contributed by atoms with Crippen LogP contribution in [0.1, 0.15) is 57.6 Å². The Morgan fingerprint density at radius 1 is 1.33 bits per heavy atom. The van der Waals surface area contributed by atoms with Gasteiger partial charge in [-0.15, -0.1) is 0 Å². The number of aliphatic hydroxyl groups is 1. The average Bonchev–Trinajstić information content (AvgIpc) is 2.46. The zero-order chi connectivity index (χ0) is 15.5. The summed E-state index contributed by atoms with van der Waals surface area (Å²) in [6.07, 6.45) is 5.40. The minimum atomic E-state index is -0.526. The van der Waals surface area contributed by atoms with Gasteiger partial charge in [-0.1, -0.05) is 51.3 Å². The van der Waals surface area contributed by atoms with Gasteiger partial charge in [0.25, 0.3) is 0 Å². The fourth-order valence-electron chi connectivity index (χ4n) is 3.11. The van der Waals surface area contributed by atoms with E-state index in [1.165, 1.54) is 12.0 Å². The summed E-state index contributed by atoms with van der Waals surface area (Å²) in [5, 5.41) is 14.2. The molecule has 1 aliphatic carbocycles. The van der Waals surface area contributed by atoms with E-state index in [-0.39, 0.29) is 6.04 Å². The Labute approximate surface area is 145 Å². The van der Waals surface area contributed by atoms with Gasteiger partial charge in [0.05, 0.1) is 5.60 Å². The molecular formula is C17H25Br2NO. The van der Waals surface area contributed by atoms with Crippen LogP contribution >= 0.6 is 31.9 Å². The lowest BCUT2D eigenvalue weighted by atomic mass is 9.77. The fourth-order valence-corrected chi connectivity index (χ4v) is 4.50. The van der Waals surface area contributed by atoms with Crippen LogP contribution < -0.4 is 5.32 Å². The van der Waals surface area contributed by atoms with Gasteiger partial charge < -0.3 is 10.4 Å². The first-order valence-electron chi connectivity index (χ1n) is 7.84. The lowest BCUT2D eigenvalue weighted by Crippen LogP contribution is -2.44. The van der Waals surface area contributed by atoms with Crippen molar-refractivity contribution >= 4 is 31.9 Å². The standard InChI is InChI=1S/C17H25Br2NO/c1-3-13-6-8-17(21,9-7-13)11-20-12(2)15-5-4-14(18)10-16(15)19/h4-5,10,12-13,20-21H,3,6-9,11H2,1-2H3. The zero-order valence-electron chi connectivity index (χ0n) is 12.8. The smallest absolute Gasteiger partial charge is 0.0772 e. The minimum Gasteiger partial charge on any atom is -0.389 e. The zero-order valence-corrected chi connectivity index (χ0v) is 16.0. The van der Waals surface area contributed by atoms with Crippen molar-refractivity contribution in [3.8, 4) is 0 Å². The molecule has 1 aromatic carbocycles. The molecule has 21 heavy (non-hydrogen) atoms. The fraction of sp³-hybridized carbons (Fsp3) is 0.647. The molecule has 2 N–H and O–H groups in total. The highest BCUT2D eigenvalue weighted by Crippen LogP contribution is 2.34. The predicted octanol–water partition coefficient (Wildman–Crippen LogP) is 5.19. The molecule has 0 spiro atoms. The van der Waals surface area contributed by atoms with Crippen LogP contribution in [0.15, 0.2) is 27.1 Å². The van der Waals surface area contributed by atoms with Gasteiger partial charge in [0.1, 0.15) is 0 Å². The van der Waals surface area contributed by atoms with E-state index in [1.54, 1.807) is 0 Å². The van der Waals surface area contributed by atoms with Gasteiger partial charge in [-0.3, -0.25) is 0 Å². The quantitative estimate of drug-likeness (QED) is 0.689. The van der Waals surface area contributed by atoms with Gasteiger partial charge >= 0.3 is 0 Å². The molecule has 2 nitrogen and oxygen atoms in total. The highest BCUT2D eigenvalue weighted by atomic mass is 79.9. The van der Waals surface area contributed by atoms with E-state index in [2.05, 4.69) is 69.2 Å². The van der Waals surface area contributed by atoms with Crippen molar-refractivity contribution in [2.75, 3.05) is 6.54 Å². The minimum absolute atomic E-state index is 0.223. The second kappa shape index (κ2) is 7.58. The molecule has 0 aliphatic heterocycles. The van der Waals surface area contributed by atoms with Crippen LogP contribution in [0.3, 0.4) is 0 Å². The third-order valence-electron chi connectivity index (χ3n) is 4.78. The molecule has 0 amide bonds. The van der Waals surface area contributed by atoms with Crippen LogP contribution in [0.5, 0.6) is 0 Å². The summed E-state index contributed by atoms with van der Waals surface area (Å²) in [6, 6.07) is 6.46. The first-order chi connectivity index (χ1) is 9.93. The number of rotatable bonds is 5. The summed E-state index contributed by atoms with van der Waals surface area (Å²) in [5.41, 5.74) is 0.700. The van der Waals surface area contributed by atoms with Crippen molar-refractivity contribution < 1.29 is 5.11 Å². The Morgan fingerprint density at radius 3 is 2.57 bits per heavy atom. The van der Waals surface area contributed by atoms with E-state index in [1.807, 2.05) is 0 Å². The van der Waals surface area contributed by atoms with Crippen LogP contribution in [-0.4, -0.2) is 17.3 Å². The molecule has 0 radical (unpaired) electrons. The van der Waals surface area contributed by atoms with E-state index < -0.39 is 5.60 Å². The van der Waals surface area contributed by atoms with E-state index >= 15 is 0 Å². The maximum absolute atomic E-state index is 10.7. The van der Waals surface area contributed by atoms with Crippen molar-refractivity contribution in [3.05, 3.63) is 32.7 Å². The summed E-state index contributed by atoms with van der Waals surface area (Å²) in [7, 11) is 0. The highest BCUT2D eigenvalue weighted by molar-refractivity contribution is 9.11. The van der Waals surface area contributed by atoms with Crippen LogP contribution in [0, 0.1) is 5.92 Å². The Hall–Kier alpha value is 0.1000. The second-order valence-corrected chi connectivity index (χ2v) is 8.11. The normalized spacial score (nSPS) is 27.6. The van der Waals surface area contributed by atoms with Crippen LogP contribution in [0.2, 0.25) is 0 Å². The third kappa shape index (κ3) is 4.78. The SMILES string of the molecule is CCC1CCC(O)(CNC(C)c2ccc(Br)cc2Br)CC1. The van der Waals surface area contributed by atoms with Crippen molar-refractivity contribution in [2.24, 2.45) is 5.92 Å². The first kappa shape index (κ1) is 17.5. The molecule has 1 aromatic rings. The van der Waals surface area contributed by atoms with Gasteiger partial charge in [-0.25, -0.2) is 0 Å². The molecule has 1 saturated carbocycles. The monoisotopic (exact) mass is 417 g/mol. The maximum atomic E-state index is 10.7. The van der Waals surface area contributed by atoms with E-state index in [9.17, 15) is 5.11 Å². The lowest BCUT2D eigenvalue weighted by molar-refractivity contribution is -0.0103. The largest absolute Gasteiger partial charge is 0.389 e. The number of benzene rings is 1. The lowest BCUT2D eigenvalue weighted by Gasteiger charge is -2.36. The van der Waals surface area contributed by atoms with E-state index in [4.69, 9.17) is 0 Å². The number of hydrogen-bond acceptors (Lipinski definition) is 2. The van der Waals surface area contributed by atoms with Crippen molar-refractivity contribution in [1.29, 1.82) is 0 Å². The molecule has 0 saturated heterocycles. The topological polar surface area (TPSA) is 32.3 Å². The summed E-state index contributed by atoms with van der Waals surface area (Å²) in [4.78, 5) is 0. The van der Waals surface area contributed by atoms with Gasteiger partial charge in [0, 0.05) is 21.5 Å². The van der Waals surface area contributed by atoms with Crippen molar-refractivity contribution in [2.45, 2.75) is 57.6 Å². The van der Waals surface area contributed by atoms with Crippen molar-refractivity contribution in [1.82, 2.24) is 5.32 Å². The number of halogens is 2. The molecule has 1 unspecified atom stereocenters. The molecule has 2 rings (SSSR count). The summed E-state index contributed by atoms with van der Waals surface area (Å²) in [6.45, 7) is 5.07. The molecule has 1 atom stereocenters. The maximum Gasteiger partial charge on any atom is 0.0772 e. The molecule has 118 valence electrons. The molecule has 1 aliphatic rings. The van der Waals surface area contributed by atoms with Gasteiger partial charge in [0.15, 0.2) is 0 Å². The Kier molecular flexibility index (Phi) is 6.30. The molecule has 0 bridgehead atoms. The van der Waals surface area contributed by atoms with Crippen LogP contribution in [0.25, 0.3) is 0 Å². The molecule has 0 aromatic heterocycles. The van der Waals surface area contributed by atoms with Gasteiger partial charge in [0.2, 0.25) is 0 Å². The third-order valence-corrected chi connectivity index (χ3v) is 5.96. The van der Waals surface area contributed by atoms with Crippen LogP contribution in [-0.2, 0) is 0 Å². The second-order valence-electron chi connectivity index (χ2n) is 6.34. The first-order valence-corrected chi connectivity index (χ1v) is 9.43. The molecule has 1 fully saturated rings. The Morgan fingerprint density at radius 2 is 2.00 bits per heavy atom. The highest BCUT2D eigenvalue weighted by Gasteiger charge is 2.32. The van der Waals surface area contributed by atoms with Crippen molar-refractivity contribution in [3.63, 3.8) is 0 Å². The number of nitrogens with one attached hydrogen (secondary N) is 1. The average molecular weight is 419 g/mol. The Bertz CT molecular complexity index is 470. The summed E-state index contributed by atoms with van der Waals surface area (Å²) in [5.74, 6) is 0.809. The van der Waals surface area contributed by atoms with Gasteiger partial charge in [-0.05, 0) is 56.2 Å². The molecular weight excluding hydrogens is 394 g/mol. The van der Waals surface area contributed by atoms with Crippen LogP contribution in [0.4, 0.5) is 0 Å². The summed E-state index contributed by atoms with van der Waals surface area (Å²) < 4.78 is 2.17. The Balaban J connectivity index is 1.90. The van der Waals surface area contributed by atoms with E-state index in [0.717, 1.165) is 40.5 Å². The summed E-state index contributed by atoms with van der Waals surface area (Å²) >= 11 is 7.09. The van der Waals surface area contributed by atoms with Gasteiger partial charge in [-0.2, -0.15) is 0 Å². The number of hydrogen-bond donors (Lipinski definition) is 2. The molecule has 4 heteroatoms.